The number of hydrogen-bond donors (Lipinski definition) is 2. The summed E-state index contributed by atoms with van der Waals surface area (Å²) in [6.07, 6.45) is 2.52. The number of H-pyrrole nitrogens is 1. The molecule has 3 rings (SSSR count). The van der Waals surface area contributed by atoms with Crippen LogP contribution in [0.1, 0.15) is 11.1 Å². The van der Waals surface area contributed by atoms with E-state index in [2.05, 4.69) is 15.0 Å². The largest absolute Gasteiger partial charge is 0.493 e. The fourth-order valence-corrected chi connectivity index (χ4v) is 2.61. The van der Waals surface area contributed by atoms with Gasteiger partial charge in [0.1, 0.15) is 5.52 Å². The van der Waals surface area contributed by atoms with Gasteiger partial charge in [0.2, 0.25) is 5.95 Å². The van der Waals surface area contributed by atoms with Gasteiger partial charge in [-0.15, -0.1) is 0 Å². The van der Waals surface area contributed by atoms with Crippen LogP contribution in [0.5, 0.6) is 11.5 Å². The molecule has 0 saturated carbocycles. The molecule has 0 aliphatic heterocycles. The van der Waals surface area contributed by atoms with Crippen LogP contribution in [0.4, 0.5) is 5.95 Å². The number of aromatic nitrogens is 3. The number of hydrogen-bond acceptors (Lipinski definition) is 5. The zero-order valence-corrected chi connectivity index (χ0v) is 12.9. The van der Waals surface area contributed by atoms with Crippen LogP contribution in [0.25, 0.3) is 11.0 Å². The number of benzene rings is 1. The van der Waals surface area contributed by atoms with Crippen molar-refractivity contribution in [1.82, 2.24) is 15.0 Å². The Bertz CT molecular complexity index is 832. The number of methoxy groups -OCH3 is 2. The minimum absolute atomic E-state index is 0.158. The summed E-state index contributed by atoms with van der Waals surface area (Å²) in [5.74, 6) is 1.54. The molecule has 0 spiro atoms. The van der Waals surface area contributed by atoms with E-state index in [1.165, 1.54) is 0 Å². The smallest absolute Gasteiger partial charge is 0.222 e. The molecule has 0 bridgehead atoms. The number of nitrogens with zero attached hydrogens (tertiary/aromatic N) is 2. The van der Waals surface area contributed by atoms with Crippen molar-refractivity contribution in [2.24, 2.45) is 0 Å². The second kappa shape index (κ2) is 5.73. The van der Waals surface area contributed by atoms with Crippen LogP contribution in [0, 0.1) is 0 Å². The summed E-state index contributed by atoms with van der Waals surface area (Å²) in [4.78, 5) is 11.3. The second-order valence-corrected chi connectivity index (χ2v) is 5.13. The fraction of sp³-hybridized carbons (Fsp3) is 0.200. The lowest BCUT2D eigenvalue weighted by Crippen LogP contribution is -1.97. The van der Waals surface area contributed by atoms with E-state index in [1.807, 2.05) is 24.4 Å². The molecule has 114 valence electrons. The van der Waals surface area contributed by atoms with E-state index in [4.69, 9.17) is 26.8 Å². The molecule has 0 amide bonds. The van der Waals surface area contributed by atoms with Crippen molar-refractivity contribution in [2.75, 3.05) is 20.0 Å². The van der Waals surface area contributed by atoms with Crippen molar-refractivity contribution in [3.05, 3.63) is 40.7 Å². The second-order valence-electron chi connectivity index (χ2n) is 4.78. The maximum absolute atomic E-state index is 6.07. The Hall–Kier alpha value is -2.47. The molecule has 2 heterocycles. The first kappa shape index (κ1) is 14.5. The van der Waals surface area contributed by atoms with Gasteiger partial charge >= 0.3 is 0 Å². The average Bonchev–Trinajstić information content (AvgIpc) is 2.90. The Morgan fingerprint density at radius 2 is 1.95 bits per heavy atom. The van der Waals surface area contributed by atoms with Crippen LogP contribution in [0.3, 0.4) is 0 Å². The topological polar surface area (TPSA) is 86.0 Å². The Morgan fingerprint density at radius 3 is 2.68 bits per heavy atom. The number of ether oxygens (including phenoxy) is 2. The Balaban J connectivity index is 2.00. The number of nitrogens with two attached hydrogens (primary N) is 1. The molecule has 2 aromatic heterocycles. The monoisotopic (exact) mass is 318 g/mol. The van der Waals surface area contributed by atoms with Gasteiger partial charge in [-0.2, -0.15) is 4.98 Å². The molecule has 0 radical (unpaired) electrons. The van der Waals surface area contributed by atoms with Crippen molar-refractivity contribution < 1.29 is 9.47 Å². The number of fused-ring (bicyclic) bond motifs is 1. The highest BCUT2D eigenvalue weighted by molar-refractivity contribution is 6.33. The van der Waals surface area contributed by atoms with Gasteiger partial charge in [0, 0.05) is 18.2 Å². The minimum atomic E-state index is 0.158. The molecule has 0 atom stereocenters. The number of rotatable bonds is 4. The van der Waals surface area contributed by atoms with Crippen molar-refractivity contribution in [3.8, 4) is 11.5 Å². The first-order valence-corrected chi connectivity index (χ1v) is 7.00. The SMILES string of the molecule is COc1ccc(Cc2c[nH]c3c(Cl)nc(N)nc23)cc1OC. The van der Waals surface area contributed by atoms with Crippen molar-refractivity contribution in [2.45, 2.75) is 6.42 Å². The van der Waals surface area contributed by atoms with E-state index in [1.54, 1.807) is 14.2 Å². The number of anilines is 1. The van der Waals surface area contributed by atoms with E-state index < -0.39 is 0 Å². The molecule has 6 nitrogen and oxygen atoms in total. The molecule has 1 aromatic carbocycles. The van der Waals surface area contributed by atoms with Gasteiger partial charge in [0.15, 0.2) is 16.7 Å². The lowest BCUT2D eigenvalue weighted by molar-refractivity contribution is 0.354. The van der Waals surface area contributed by atoms with Gasteiger partial charge in [0.05, 0.1) is 19.7 Å². The number of aromatic amines is 1. The van der Waals surface area contributed by atoms with Crippen LogP contribution >= 0.6 is 11.6 Å². The molecule has 3 N–H and O–H groups in total. The zero-order chi connectivity index (χ0) is 15.7. The molecule has 0 fully saturated rings. The number of nitrogen functional groups attached to an aromatic ring is 1. The third-order valence-electron chi connectivity index (χ3n) is 3.42. The van der Waals surface area contributed by atoms with Crippen LogP contribution in [-0.4, -0.2) is 29.2 Å². The number of halogens is 1. The van der Waals surface area contributed by atoms with E-state index >= 15 is 0 Å². The van der Waals surface area contributed by atoms with Gasteiger partial charge in [-0.1, -0.05) is 17.7 Å². The fourth-order valence-electron chi connectivity index (χ4n) is 2.38. The predicted octanol–water partition coefficient (Wildman–Crippen LogP) is 2.80. The Labute approximate surface area is 132 Å². The van der Waals surface area contributed by atoms with Crippen LogP contribution in [-0.2, 0) is 6.42 Å². The molecular weight excluding hydrogens is 304 g/mol. The predicted molar refractivity (Wildman–Crippen MR) is 85.7 cm³/mol. The molecule has 0 aliphatic carbocycles. The highest BCUT2D eigenvalue weighted by Crippen LogP contribution is 2.30. The molecule has 0 saturated heterocycles. The molecule has 3 aromatic rings. The van der Waals surface area contributed by atoms with E-state index in [-0.39, 0.29) is 5.95 Å². The van der Waals surface area contributed by atoms with Gasteiger partial charge in [-0.3, -0.25) is 0 Å². The number of nitrogens with one attached hydrogen (secondary N) is 1. The van der Waals surface area contributed by atoms with Crippen LogP contribution in [0.2, 0.25) is 5.15 Å². The van der Waals surface area contributed by atoms with Crippen molar-refractivity contribution in [1.29, 1.82) is 0 Å². The van der Waals surface area contributed by atoms with Gasteiger partial charge in [0.25, 0.3) is 0 Å². The first-order chi connectivity index (χ1) is 10.6. The summed E-state index contributed by atoms with van der Waals surface area (Å²) in [5, 5.41) is 0.320. The maximum atomic E-state index is 6.07. The first-order valence-electron chi connectivity index (χ1n) is 6.62. The Kier molecular flexibility index (Phi) is 3.77. The van der Waals surface area contributed by atoms with E-state index in [9.17, 15) is 0 Å². The van der Waals surface area contributed by atoms with Gasteiger partial charge in [-0.25, -0.2) is 4.98 Å². The zero-order valence-electron chi connectivity index (χ0n) is 12.2. The highest BCUT2D eigenvalue weighted by Gasteiger charge is 2.12. The summed E-state index contributed by atoms with van der Waals surface area (Å²) in [7, 11) is 3.22. The third kappa shape index (κ3) is 2.53. The standard InChI is InChI=1S/C15H15ClN4O2/c1-21-10-4-3-8(6-11(10)22-2)5-9-7-18-13-12(9)19-15(17)20-14(13)16/h3-4,6-7,18H,5H2,1-2H3,(H2,17,19,20). The van der Waals surface area contributed by atoms with Crippen LogP contribution in [0.15, 0.2) is 24.4 Å². The van der Waals surface area contributed by atoms with E-state index in [0.29, 0.717) is 28.6 Å². The summed E-state index contributed by atoms with van der Waals surface area (Å²) in [6, 6.07) is 5.79. The minimum Gasteiger partial charge on any atom is -0.493 e. The van der Waals surface area contributed by atoms with Gasteiger partial charge < -0.3 is 20.2 Å². The quantitative estimate of drug-likeness (QED) is 0.722. The third-order valence-corrected chi connectivity index (χ3v) is 3.69. The van der Waals surface area contributed by atoms with Crippen molar-refractivity contribution in [3.63, 3.8) is 0 Å². The summed E-state index contributed by atoms with van der Waals surface area (Å²) in [5.41, 5.74) is 9.13. The molecule has 0 unspecified atom stereocenters. The average molecular weight is 319 g/mol. The van der Waals surface area contributed by atoms with Crippen molar-refractivity contribution >= 4 is 28.6 Å². The highest BCUT2D eigenvalue weighted by atomic mass is 35.5. The normalized spacial score (nSPS) is 10.9. The van der Waals surface area contributed by atoms with E-state index in [0.717, 1.165) is 16.6 Å². The lowest BCUT2D eigenvalue weighted by atomic mass is 10.1. The maximum Gasteiger partial charge on any atom is 0.222 e. The van der Waals surface area contributed by atoms with Gasteiger partial charge in [-0.05, 0) is 17.7 Å². The molecule has 22 heavy (non-hydrogen) atoms. The molecule has 7 heteroatoms. The summed E-state index contributed by atoms with van der Waals surface area (Å²) < 4.78 is 10.6. The summed E-state index contributed by atoms with van der Waals surface area (Å²) in [6.45, 7) is 0. The molecular formula is C15H15ClN4O2. The van der Waals surface area contributed by atoms with Crippen LogP contribution < -0.4 is 15.2 Å². The Morgan fingerprint density at radius 1 is 1.18 bits per heavy atom. The lowest BCUT2D eigenvalue weighted by Gasteiger charge is -2.09. The summed E-state index contributed by atoms with van der Waals surface area (Å²) >= 11 is 6.07. The molecule has 0 aliphatic rings.